The second-order valence-corrected chi connectivity index (χ2v) is 4.06. The summed E-state index contributed by atoms with van der Waals surface area (Å²) in [5, 5.41) is 10.5. The summed E-state index contributed by atoms with van der Waals surface area (Å²) < 4.78 is 0. The molecule has 2 rings (SSSR count). The summed E-state index contributed by atoms with van der Waals surface area (Å²) in [7, 11) is 0. The molecule has 18 heavy (non-hydrogen) atoms. The lowest BCUT2D eigenvalue weighted by Gasteiger charge is -2.06. The summed E-state index contributed by atoms with van der Waals surface area (Å²) >= 11 is 0. The highest BCUT2D eigenvalue weighted by atomic mass is 16.6. The van der Waals surface area contributed by atoms with Crippen molar-refractivity contribution in [1.29, 1.82) is 0 Å². The van der Waals surface area contributed by atoms with Gasteiger partial charge in [0.25, 0.3) is 5.69 Å². The van der Waals surface area contributed by atoms with Crippen molar-refractivity contribution >= 4 is 17.7 Å². The van der Waals surface area contributed by atoms with Gasteiger partial charge in [-0.3, -0.25) is 19.9 Å². The number of benzene rings is 1. The number of ketones is 1. The smallest absolute Gasteiger partial charge is 0.269 e. The van der Waals surface area contributed by atoms with E-state index in [0.29, 0.717) is 6.42 Å². The minimum atomic E-state index is -0.441. The van der Waals surface area contributed by atoms with Gasteiger partial charge < -0.3 is 0 Å². The van der Waals surface area contributed by atoms with Crippen LogP contribution in [0.3, 0.4) is 0 Å². The Morgan fingerprint density at radius 1 is 1.22 bits per heavy atom. The molecule has 1 aliphatic rings. The number of carbonyl (C=O) groups excluding carboxylic acids is 1. The van der Waals surface area contributed by atoms with Crippen LogP contribution in [0.4, 0.5) is 5.69 Å². The minimum Gasteiger partial charge on any atom is -0.295 e. The quantitative estimate of drug-likeness (QED) is 0.466. The molecule has 92 valence electrons. The molecule has 0 amide bonds. The number of non-ortho nitro benzene ring substituents is 1. The molecule has 0 aromatic heterocycles. The van der Waals surface area contributed by atoms with Crippen molar-refractivity contribution in [2.75, 3.05) is 0 Å². The van der Waals surface area contributed by atoms with Gasteiger partial charge in [-0.2, -0.15) is 0 Å². The normalized spacial score (nSPS) is 15.8. The monoisotopic (exact) mass is 244 g/mol. The summed E-state index contributed by atoms with van der Waals surface area (Å²) in [5.74, 6) is 0.108. The minimum absolute atomic E-state index is 0.0548. The number of aliphatic imine (C=N–C) groups is 1. The first-order valence-corrected chi connectivity index (χ1v) is 5.67. The molecule has 1 aromatic rings. The van der Waals surface area contributed by atoms with Gasteiger partial charge in [-0.1, -0.05) is 0 Å². The van der Waals surface area contributed by atoms with Gasteiger partial charge in [-0.05, 0) is 30.5 Å². The van der Waals surface area contributed by atoms with Crippen molar-refractivity contribution in [3.05, 3.63) is 51.7 Å². The number of nitrogens with zero attached hydrogens (tertiary/aromatic N) is 2. The van der Waals surface area contributed by atoms with Crippen molar-refractivity contribution in [3.8, 4) is 0 Å². The lowest BCUT2D eigenvalue weighted by Crippen LogP contribution is -2.01. The molecule has 5 nitrogen and oxygen atoms in total. The zero-order valence-electron chi connectivity index (χ0n) is 9.70. The predicted octanol–water partition coefficient (Wildman–Crippen LogP) is 2.65. The van der Waals surface area contributed by atoms with E-state index < -0.39 is 4.92 Å². The van der Waals surface area contributed by atoms with Crippen molar-refractivity contribution in [1.82, 2.24) is 0 Å². The second kappa shape index (κ2) is 5.35. The molecule has 0 N–H and O–H groups in total. The van der Waals surface area contributed by atoms with Crippen LogP contribution in [0.1, 0.15) is 24.8 Å². The molecule has 1 aromatic carbocycles. The van der Waals surface area contributed by atoms with Crippen LogP contribution in [0, 0.1) is 10.1 Å². The van der Waals surface area contributed by atoms with Crippen molar-refractivity contribution in [2.45, 2.75) is 19.3 Å². The lowest BCUT2D eigenvalue weighted by molar-refractivity contribution is -0.384. The highest BCUT2D eigenvalue weighted by molar-refractivity contribution is 5.91. The summed E-state index contributed by atoms with van der Waals surface area (Å²) in [4.78, 5) is 25.4. The van der Waals surface area contributed by atoms with E-state index in [2.05, 4.69) is 4.99 Å². The number of hydrogen-bond acceptors (Lipinski definition) is 4. The van der Waals surface area contributed by atoms with Crippen LogP contribution in [0.5, 0.6) is 0 Å². The van der Waals surface area contributed by atoms with E-state index in [1.54, 1.807) is 24.4 Å². The Morgan fingerprint density at radius 3 is 2.56 bits per heavy atom. The van der Waals surface area contributed by atoms with E-state index in [1.165, 1.54) is 12.1 Å². The Kier molecular flexibility index (Phi) is 3.62. The fraction of sp³-hybridized carbons (Fsp3) is 0.231. The maximum absolute atomic E-state index is 11.2. The Bertz CT molecular complexity index is 530. The largest absolute Gasteiger partial charge is 0.295 e. The first kappa shape index (κ1) is 12.2. The topological polar surface area (TPSA) is 72.6 Å². The van der Waals surface area contributed by atoms with Crippen LogP contribution in [0.25, 0.3) is 0 Å². The van der Waals surface area contributed by atoms with Crippen LogP contribution >= 0.6 is 0 Å². The van der Waals surface area contributed by atoms with Crippen LogP contribution in [0.2, 0.25) is 0 Å². The van der Waals surface area contributed by atoms with Gasteiger partial charge in [0.05, 0.1) is 4.92 Å². The average molecular weight is 244 g/mol. The van der Waals surface area contributed by atoms with Gasteiger partial charge in [-0.15, -0.1) is 0 Å². The summed E-state index contributed by atoms with van der Waals surface area (Å²) in [5.41, 5.74) is 1.60. The summed E-state index contributed by atoms with van der Waals surface area (Å²) in [6.45, 7) is 0. The molecule has 5 heteroatoms. The first-order chi connectivity index (χ1) is 8.65. The molecule has 0 aliphatic heterocycles. The summed E-state index contributed by atoms with van der Waals surface area (Å²) in [6, 6.07) is 6.13. The molecule has 0 saturated carbocycles. The number of nitro benzene ring substituents is 1. The second-order valence-electron chi connectivity index (χ2n) is 4.06. The SMILES string of the molecule is O=C1C=C(N=Cc2ccc([N+](=O)[O-])cc2)CCC1. The molecular formula is C13H12N2O3. The van der Waals surface area contributed by atoms with Gasteiger partial charge in [0.1, 0.15) is 0 Å². The van der Waals surface area contributed by atoms with E-state index in [9.17, 15) is 14.9 Å². The van der Waals surface area contributed by atoms with E-state index in [0.717, 1.165) is 24.1 Å². The zero-order chi connectivity index (χ0) is 13.0. The maximum atomic E-state index is 11.2. The highest BCUT2D eigenvalue weighted by Gasteiger charge is 2.08. The number of rotatable bonds is 3. The third-order valence-electron chi connectivity index (χ3n) is 2.67. The van der Waals surface area contributed by atoms with Gasteiger partial charge in [0, 0.05) is 36.5 Å². The number of hydrogen-bond donors (Lipinski definition) is 0. The number of nitro groups is 1. The van der Waals surface area contributed by atoms with E-state index >= 15 is 0 Å². The van der Waals surface area contributed by atoms with Crippen molar-refractivity contribution in [2.24, 2.45) is 4.99 Å². The first-order valence-electron chi connectivity index (χ1n) is 5.67. The molecule has 0 atom stereocenters. The fourth-order valence-corrected chi connectivity index (χ4v) is 1.72. The maximum Gasteiger partial charge on any atom is 0.269 e. The van der Waals surface area contributed by atoms with Gasteiger partial charge in [0.15, 0.2) is 5.78 Å². The van der Waals surface area contributed by atoms with E-state index in [4.69, 9.17) is 0 Å². The third-order valence-corrected chi connectivity index (χ3v) is 2.67. The Labute approximate surface area is 104 Å². The molecule has 1 aliphatic carbocycles. The van der Waals surface area contributed by atoms with Crippen LogP contribution in [0.15, 0.2) is 41.0 Å². The Morgan fingerprint density at radius 2 is 1.94 bits per heavy atom. The zero-order valence-corrected chi connectivity index (χ0v) is 9.70. The molecule has 0 radical (unpaired) electrons. The lowest BCUT2D eigenvalue weighted by atomic mass is 10.0. The molecule has 0 fully saturated rings. The standard InChI is InChI=1S/C13H12N2O3/c16-13-3-1-2-11(8-13)14-9-10-4-6-12(7-5-10)15(17)18/h4-9H,1-3H2. The van der Waals surface area contributed by atoms with Crippen molar-refractivity contribution in [3.63, 3.8) is 0 Å². The third kappa shape index (κ3) is 3.10. The van der Waals surface area contributed by atoms with Crippen LogP contribution < -0.4 is 0 Å². The number of allylic oxidation sites excluding steroid dienone is 2. The molecule has 0 saturated heterocycles. The molecule has 0 bridgehead atoms. The van der Waals surface area contributed by atoms with Gasteiger partial charge >= 0.3 is 0 Å². The van der Waals surface area contributed by atoms with Gasteiger partial charge in [0.2, 0.25) is 0 Å². The van der Waals surface area contributed by atoms with Crippen LogP contribution in [-0.2, 0) is 4.79 Å². The molecule has 0 heterocycles. The highest BCUT2D eigenvalue weighted by Crippen LogP contribution is 2.16. The van der Waals surface area contributed by atoms with Gasteiger partial charge in [-0.25, -0.2) is 0 Å². The Balaban J connectivity index is 2.09. The predicted molar refractivity (Wildman–Crippen MR) is 67.6 cm³/mol. The Hall–Kier alpha value is -2.30. The van der Waals surface area contributed by atoms with E-state index in [-0.39, 0.29) is 11.5 Å². The average Bonchev–Trinajstić information content (AvgIpc) is 2.37. The fourth-order valence-electron chi connectivity index (χ4n) is 1.72. The van der Waals surface area contributed by atoms with Crippen LogP contribution in [-0.4, -0.2) is 16.9 Å². The van der Waals surface area contributed by atoms with Crippen molar-refractivity contribution < 1.29 is 9.72 Å². The molecule has 0 unspecified atom stereocenters. The molecular weight excluding hydrogens is 232 g/mol. The summed E-state index contributed by atoms with van der Waals surface area (Å²) in [6.07, 6.45) is 5.41. The number of carbonyl (C=O) groups is 1. The van der Waals surface area contributed by atoms with E-state index in [1.807, 2.05) is 0 Å². The molecule has 0 spiro atoms.